The number of benzene rings is 2. The molecule has 2 aromatic carbocycles. The van der Waals surface area contributed by atoms with Crippen LogP contribution >= 0.6 is 0 Å². The molecule has 0 aromatic heterocycles. The standard InChI is InChI=1S/C15H16FNO4S/c1-20-12-4-6-13(7-5-12)22(18,19)17-10-11-3-8-15(21-2)14(16)9-11/h3-9,17H,10H2,1-2H3. The minimum Gasteiger partial charge on any atom is -0.497 e. The fourth-order valence-corrected chi connectivity index (χ4v) is 2.85. The van der Waals surface area contributed by atoms with Gasteiger partial charge in [-0.3, -0.25) is 0 Å². The van der Waals surface area contributed by atoms with Crippen molar-refractivity contribution >= 4 is 10.0 Å². The molecule has 0 amide bonds. The molecule has 0 radical (unpaired) electrons. The Morgan fingerprint density at radius 1 is 1.05 bits per heavy atom. The highest BCUT2D eigenvalue weighted by Crippen LogP contribution is 2.19. The Balaban J connectivity index is 2.10. The van der Waals surface area contributed by atoms with Gasteiger partial charge in [0.25, 0.3) is 0 Å². The minimum absolute atomic E-state index is 0.0186. The van der Waals surface area contributed by atoms with Gasteiger partial charge in [-0.25, -0.2) is 17.5 Å². The first-order valence-electron chi connectivity index (χ1n) is 6.42. The molecule has 0 aliphatic heterocycles. The average molecular weight is 325 g/mol. The number of halogens is 1. The Morgan fingerprint density at radius 3 is 2.27 bits per heavy atom. The molecule has 22 heavy (non-hydrogen) atoms. The van der Waals surface area contributed by atoms with E-state index in [1.807, 2.05) is 0 Å². The molecule has 7 heteroatoms. The number of sulfonamides is 1. The minimum atomic E-state index is -3.67. The van der Waals surface area contributed by atoms with Crippen molar-refractivity contribution in [3.05, 3.63) is 53.8 Å². The van der Waals surface area contributed by atoms with E-state index < -0.39 is 15.8 Å². The molecule has 0 fully saturated rings. The van der Waals surface area contributed by atoms with Crippen LogP contribution in [0.2, 0.25) is 0 Å². The van der Waals surface area contributed by atoms with Gasteiger partial charge in [0.1, 0.15) is 5.75 Å². The van der Waals surface area contributed by atoms with Gasteiger partial charge in [-0.05, 0) is 42.0 Å². The molecule has 0 unspecified atom stereocenters. The van der Waals surface area contributed by atoms with Gasteiger partial charge in [0.15, 0.2) is 11.6 Å². The third-order valence-corrected chi connectivity index (χ3v) is 4.47. The molecule has 0 saturated carbocycles. The molecule has 2 aromatic rings. The van der Waals surface area contributed by atoms with Crippen LogP contribution in [0.25, 0.3) is 0 Å². The molecule has 0 aliphatic carbocycles. The summed E-state index contributed by atoms with van der Waals surface area (Å²) in [6.07, 6.45) is 0. The molecule has 0 atom stereocenters. The molecule has 0 saturated heterocycles. The van der Waals surface area contributed by atoms with Gasteiger partial charge >= 0.3 is 0 Å². The lowest BCUT2D eigenvalue weighted by Gasteiger charge is -2.09. The molecule has 0 spiro atoms. The molecule has 5 nitrogen and oxygen atoms in total. The number of nitrogens with one attached hydrogen (secondary N) is 1. The Kier molecular flexibility index (Phi) is 4.99. The van der Waals surface area contributed by atoms with Crippen molar-refractivity contribution in [2.45, 2.75) is 11.4 Å². The van der Waals surface area contributed by atoms with Gasteiger partial charge in [0.2, 0.25) is 10.0 Å². The Hall–Kier alpha value is -2.12. The van der Waals surface area contributed by atoms with Crippen molar-refractivity contribution in [1.29, 1.82) is 0 Å². The smallest absolute Gasteiger partial charge is 0.240 e. The van der Waals surface area contributed by atoms with E-state index in [-0.39, 0.29) is 17.2 Å². The van der Waals surface area contributed by atoms with Crippen LogP contribution in [0.1, 0.15) is 5.56 Å². The fraction of sp³-hybridized carbons (Fsp3) is 0.200. The van der Waals surface area contributed by atoms with E-state index in [0.29, 0.717) is 11.3 Å². The van der Waals surface area contributed by atoms with E-state index in [9.17, 15) is 12.8 Å². The monoisotopic (exact) mass is 325 g/mol. The summed E-state index contributed by atoms with van der Waals surface area (Å²) in [7, 11) is -0.806. The molecule has 0 bridgehead atoms. The maximum atomic E-state index is 13.6. The average Bonchev–Trinajstić information content (AvgIpc) is 2.53. The first-order chi connectivity index (χ1) is 10.5. The van der Waals surface area contributed by atoms with Crippen LogP contribution in [0.5, 0.6) is 11.5 Å². The predicted molar refractivity (Wildman–Crippen MR) is 80.0 cm³/mol. The first-order valence-corrected chi connectivity index (χ1v) is 7.90. The maximum absolute atomic E-state index is 13.6. The van der Waals surface area contributed by atoms with Crippen molar-refractivity contribution in [3.8, 4) is 11.5 Å². The first kappa shape index (κ1) is 16.3. The summed E-state index contributed by atoms with van der Waals surface area (Å²) >= 11 is 0. The van der Waals surface area contributed by atoms with Crippen molar-refractivity contribution in [3.63, 3.8) is 0 Å². The summed E-state index contributed by atoms with van der Waals surface area (Å²) in [5, 5.41) is 0. The van der Waals surface area contributed by atoms with E-state index in [1.54, 1.807) is 18.2 Å². The summed E-state index contributed by atoms with van der Waals surface area (Å²) in [6.45, 7) is -0.0186. The van der Waals surface area contributed by atoms with E-state index in [2.05, 4.69) is 4.72 Å². The molecule has 0 aliphatic rings. The summed E-state index contributed by atoms with van der Waals surface area (Å²) in [5.41, 5.74) is 0.496. The van der Waals surface area contributed by atoms with Crippen molar-refractivity contribution in [2.75, 3.05) is 14.2 Å². The largest absolute Gasteiger partial charge is 0.497 e. The second-order valence-corrected chi connectivity index (χ2v) is 6.24. The van der Waals surface area contributed by atoms with Gasteiger partial charge in [0.05, 0.1) is 19.1 Å². The van der Waals surface area contributed by atoms with E-state index in [1.165, 1.54) is 38.5 Å². The van der Waals surface area contributed by atoms with Crippen LogP contribution in [0, 0.1) is 5.82 Å². The third-order valence-electron chi connectivity index (χ3n) is 3.05. The lowest BCUT2D eigenvalue weighted by atomic mass is 10.2. The fourth-order valence-electron chi connectivity index (χ4n) is 1.84. The van der Waals surface area contributed by atoms with Crippen LogP contribution in [-0.4, -0.2) is 22.6 Å². The van der Waals surface area contributed by atoms with Crippen molar-refractivity contribution in [1.82, 2.24) is 4.72 Å². The predicted octanol–water partition coefficient (Wildman–Crippen LogP) is 2.32. The second-order valence-electron chi connectivity index (χ2n) is 4.47. The zero-order valence-corrected chi connectivity index (χ0v) is 13.0. The van der Waals surface area contributed by atoms with Gasteiger partial charge < -0.3 is 9.47 Å². The molecule has 1 N–H and O–H groups in total. The molecule has 118 valence electrons. The number of rotatable bonds is 6. The van der Waals surface area contributed by atoms with Gasteiger partial charge in [-0.2, -0.15) is 0 Å². The van der Waals surface area contributed by atoms with Crippen LogP contribution < -0.4 is 14.2 Å². The van der Waals surface area contributed by atoms with Crippen LogP contribution in [0.15, 0.2) is 47.4 Å². The Morgan fingerprint density at radius 2 is 1.73 bits per heavy atom. The van der Waals surface area contributed by atoms with Gasteiger partial charge in [-0.15, -0.1) is 0 Å². The summed E-state index contributed by atoms with van der Waals surface area (Å²) < 4.78 is 50.1. The molecular formula is C15H16FNO4S. The Labute approximate surface area is 128 Å². The van der Waals surface area contributed by atoms with E-state index >= 15 is 0 Å². The van der Waals surface area contributed by atoms with E-state index in [0.717, 1.165) is 0 Å². The summed E-state index contributed by atoms with van der Waals surface area (Å²) in [6, 6.07) is 10.3. The number of ether oxygens (including phenoxy) is 2. The number of hydrogen-bond acceptors (Lipinski definition) is 4. The van der Waals surface area contributed by atoms with Crippen LogP contribution in [0.3, 0.4) is 0 Å². The summed E-state index contributed by atoms with van der Waals surface area (Å²) in [4.78, 5) is 0.113. The number of hydrogen-bond donors (Lipinski definition) is 1. The molecular weight excluding hydrogens is 309 g/mol. The molecule has 2 rings (SSSR count). The van der Waals surface area contributed by atoms with Crippen molar-refractivity contribution < 1.29 is 22.3 Å². The highest BCUT2D eigenvalue weighted by atomic mass is 32.2. The quantitative estimate of drug-likeness (QED) is 0.885. The lowest BCUT2D eigenvalue weighted by molar-refractivity contribution is 0.386. The highest BCUT2D eigenvalue weighted by molar-refractivity contribution is 7.89. The summed E-state index contributed by atoms with van der Waals surface area (Å²) in [5.74, 6) is 0.140. The third kappa shape index (κ3) is 3.75. The zero-order chi connectivity index (χ0) is 16.2. The lowest BCUT2D eigenvalue weighted by Crippen LogP contribution is -2.23. The Bertz CT molecular complexity index is 745. The van der Waals surface area contributed by atoms with Crippen molar-refractivity contribution in [2.24, 2.45) is 0 Å². The maximum Gasteiger partial charge on any atom is 0.240 e. The SMILES string of the molecule is COc1ccc(S(=O)(=O)NCc2ccc(OC)c(F)c2)cc1. The second kappa shape index (κ2) is 6.76. The normalized spacial score (nSPS) is 11.2. The van der Waals surface area contributed by atoms with Crippen LogP contribution in [0.4, 0.5) is 4.39 Å². The van der Waals surface area contributed by atoms with Gasteiger partial charge in [-0.1, -0.05) is 6.07 Å². The zero-order valence-electron chi connectivity index (χ0n) is 12.2. The van der Waals surface area contributed by atoms with Crippen LogP contribution in [-0.2, 0) is 16.6 Å². The van der Waals surface area contributed by atoms with E-state index in [4.69, 9.17) is 9.47 Å². The van der Waals surface area contributed by atoms with Gasteiger partial charge in [0, 0.05) is 6.54 Å². The molecule has 0 heterocycles. The topological polar surface area (TPSA) is 64.6 Å². The number of methoxy groups -OCH3 is 2. The highest BCUT2D eigenvalue weighted by Gasteiger charge is 2.14.